The number of ketones is 2. The minimum atomic E-state index is -0.829. The van der Waals surface area contributed by atoms with Crippen molar-refractivity contribution in [3.63, 3.8) is 0 Å². The molecule has 0 aliphatic carbocycles. The van der Waals surface area contributed by atoms with Crippen molar-refractivity contribution in [1.29, 1.82) is 0 Å². The van der Waals surface area contributed by atoms with Gasteiger partial charge in [0.1, 0.15) is 23.7 Å². The van der Waals surface area contributed by atoms with Crippen LogP contribution in [0.4, 0.5) is 0 Å². The molecule has 148 valence electrons. The van der Waals surface area contributed by atoms with E-state index in [0.29, 0.717) is 33.8 Å². The molecule has 0 heterocycles. The Morgan fingerprint density at radius 1 is 0.793 bits per heavy atom. The molecule has 0 aliphatic rings. The van der Waals surface area contributed by atoms with E-state index in [1.807, 2.05) is 0 Å². The predicted molar refractivity (Wildman–Crippen MR) is 110 cm³/mol. The SMILES string of the molecule is C#CC(OC(C#C)c1ccc(C(C)=O)cc1OC)c1ccc(C(C)=O)cc1OC. The Morgan fingerprint density at radius 3 is 1.45 bits per heavy atom. The molecular formula is C24H22O5. The summed E-state index contributed by atoms with van der Waals surface area (Å²) in [6.07, 6.45) is 9.74. The quantitative estimate of drug-likeness (QED) is 0.500. The summed E-state index contributed by atoms with van der Waals surface area (Å²) in [6, 6.07) is 9.90. The Labute approximate surface area is 171 Å². The van der Waals surface area contributed by atoms with Gasteiger partial charge in [0.05, 0.1) is 14.2 Å². The molecule has 0 spiro atoms. The fourth-order valence-electron chi connectivity index (χ4n) is 2.83. The monoisotopic (exact) mass is 390 g/mol. The number of terminal acetylenes is 2. The lowest BCUT2D eigenvalue weighted by Crippen LogP contribution is -2.11. The molecule has 2 atom stereocenters. The third-order valence-corrected chi connectivity index (χ3v) is 4.42. The fourth-order valence-corrected chi connectivity index (χ4v) is 2.83. The van der Waals surface area contributed by atoms with E-state index in [2.05, 4.69) is 11.8 Å². The number of ether oxygens (including phenoxy) is 3. The third-order valence-electron chi connectivity index (χ3n) is 4.42. The topological polar surface area (TPSA) is 61.8 Å². The minimum absolute atomic E-state index is 0.0928. The maximum absolute atomic E-state index is 11.6. The van der Waals surface area contributed by atoms with Crippen LogP contribution in [0.2, 0.25) is 0 Å². The van der Waals surface area contributed by atoms with Crippen molar-refractivity contribution in [2.24, 2.45) is 0 Å². The third kappa shape index (κ3) is 4.85. The fraction of sp³-hybridized carbons (Fsp3) is 0.250. The van der Waals surface area contributed by atoms with Gasteiger partial charge in [-0.2, -0.15) is 0 Å². The predicted octanol–water partition coefficient (Wildman–Crippen LogP) is 4.17. The molecule has 5 nitrogen and oxygen atoms in total. The maximum atomic E-state index is 11.6. The van der Waals surface area contributed by atoms with Crippen LogP contribution in [-0.4, -0.2) is 25.8 Å². The summed E-state index contributed by atoms with van der Waals surface area (Å²) < 4.78 is 16.8. The molecule has 5 heteroatoms. The van der Waals surface area contributed by atoms with Crippen molar-refractivity contribution in [3.05, 3.63) is 58.7 Å². The first-order chi connectivity index (χ1) is 13.9. The smallest absolute Gasteiger partial charge is 0.159 e. The number of benzene rings is 2. The normalized spacial score (nSPS) is 12.2. The number of Topliss-reactive ketones (excluding diaryl/α,β-unsaturated/α-hetero) is 2. The highest BCUT2D eigenvalue weighted by atomic mass is 16.5. The number of methoxy groups -OCH3 is 2. The van der Waals surface area contributed by atoms with Crippen molar-refractivity contribution >= 4 is 11.6 Å². The van der Waals surface area contributed by atoms with E-state index in [4.69, 9.17) is 27.1 Å². The van der Waals surface area contributed by atoms with Crippen LogP contribution in [0.5, 0.6) is 11.5 Å². The van der Waals surface area contributed by atoms with Gasteiger partial charge >= 0.3 is 0 Å². The highest BCUT2D eigenvalue weighted by Crippen LogP contribution is 2.35. The summed E-state index contributed by atoms with van der Waals surface area (Å²) in [7, 11) is 2.97. The Hall–Kier alpha value is -3.54. The van der Waals surface area contributed by atoms with Crippen LogP contribution in [0.3, 0.4) is 0 Å². The summed E-state index contributed by atoms with van der Waals surface area (Å²) in [4.78, 5) is 23.3. The summed E-state index contributed by atoms with van der Waals surface area (Å²) in [5.74, 6) is 5.80. The lowest BCUT2D eigenvalue weighted by molar-refractivity contribution is 0.0488. The van der Waals surface area contributed by atoms with Gasteiger partial charge in [-0.15, -0.1) is 12.8 Å². The van der Waals surface area contributed by atoms with Crippen LogP contribution in [0.1, 0.15) is 57.9 Å². The molecule has 29 heavy (non-hydrogen) atoms. The summed E-state index contributed by atoms with van der Waals surface area (Å²) in [6.45, 7) is 2.93. The van der Waals surface area contributed by atoms with Crippen LogP contribution < -0.4 is 9.47 Å². The molecule has 0 N–H and O–H groups in total. The van der Waals surface area contributed by atoms with Gasteiger partial charge in [0.2, 0.25) is 0 Å². The van der Waals surface area contributed by atoms with Crippen LogP contribution in [-0.2, 0) is 4.74 Å². The first-order valence-electron chi connectivity index (χ1n) is 8.81. The molecule has 2 aromatic carbocycles. The molecule has 0 aromatic heterocycles. The number of hydrogen-bond donors (Lipinski definition) is 0. The second kappa shape index (κ2) is 9.59. The van der Waals surface area contributed by atoms with Crippen molar-refractivity contribution in [1.82, 2.24) is 0 Å². The molecular weight excluding hydrogens is 368 g/mol. The van der Waals surface area contributed by atoms with Gasteiger partial charge in [0.25, 0.3) is 0 Å². The summed E-state index contributed by atoms with van der Waals surface area (Å²) in [5, 5.41) is 0. The van der Waals surface area contributed by atoms with Gasteiger partial charge in [-0.1, -0.05) is 36.1 Å². The molecule has 2 rings (SSSR count). The van der Waals surface area contributed by atoms with Gasteiger partial charge in [-0.25, -0.2) is 0 Å². The Balaban J connectivity index is 2.42. The van der Waals surface area contributed by atoms with Crippen LogP contribution in [0, 0.1) is 24.7 Å². The van der Waals surface area contributed by atoms with E-state index in [1.54, 1.807) is 36.4 Å². The van der Waals surface area contributed by atoms with Gasteiger partial charge in [0, 0.05) is 22.3 Å². The Bertz CT molecular complexity index is 925. The second-order valence-electron chi connectivity index (χ2n) is 6.26. The van der Waals surface area contributed by atoms with E-state index in [1.165, 1.54) is 28.1 Å². The molecule has 0 radical (unpaired) electrons. The molecule has 2 aromatic rings. The number of carbonyl (C=O) groups excluding carboxylic acids is 2. The van der Waals surface area contributed by atoms with Gasteiger partial charge in [-0.05, 0) is 26.0 Å². The zero-order chi connectivity index (χ0) is 21.6. The van der Waals surface area contributed by atoms with Gasteiger partial charge in [0.15, 0.2) is 11.6 Å². The zero-order valence-corrected chi connectivity index (χ0v) is 16.8. The highest BCUT2D eigenvalue weighted by molar-refractivity contribution is 5.95. The minimum Gasteiger partial charge on any atom is -0.496 e. The van der Waals surface area contributed by atoms with Crippen LogP contribution in [0.15, 0.2) is 36.4 Å². The highest BCUT2D eigenvalue weighted by Gasteiger charge is 2.23. The lowest BCUT2D eigenvalue weighted by atomic mass is 10.0. The average Bonchev–Trinajstić information content (AvgIpc) is 2.73. The van der Waals surface area contributed by atoms with Gasteiger partial charge in [-0.3, -0.25) is 9.59 Å². The molecule has 0 fully saturated rings. The van der Waals surface area contributed by atoms with E-state index >= 15 is 0 Å². The van der Waals surface area contributed by atoms with E-state index < -0.39 is 12.2 Å². The van der Waals surface area contributed by atoms with Gasteiger partial charge < -0.3 is 14.2 Å². The Morgan fingerprint density at radius 2 is 1.17 bits per heavy atom. The second-order valence-corrected chi connectivity index (χ2v) is 6.26. The van der Waals surface area contributed by atoms with Crippen LogP contribution in [0.25, 0.3) is 0 Å². The summed E-state index contributed by atoms with van der Waals surface area (Å²) in [5.41, 5.74) is 2.13. The molecule has 0 bridgehead atoms. The standard InChI is InChI=1S/C24H22O5/c1-7-21(19-11-9-17(15(3)25)13-23(19)27-5)29-22(8-2)20-12-10-18(16(4)26)14-24(20)28-6/h1-2,9-14,21-22H,3-6H3. The lowest BCUT2D eigenvalue weighted by Gasteiger charge is -2.22. The largest absolute Gasteiger partial charge is 0.496 e. The number of rotatable bonds is 8. The van der Waals surface area contributed by atoms with Crippen molar-refractivity contribution in [3.8, 4) is 36.2 Å². The zero-order valence-electron chi connectivity index (χ0n) is 16.8. The molecule has 0 amide bonds. The van der Waals surface area contributed by atoms with E-state index in [9.17, 15) is 9.59 Å². The molecule has 2 unspecified atom stereocenters. The van der Waals surface area contributed by atoms with E-state index in [-0.39, 0.29) is 11.6 Å². The Kier molecular flexibility index (Phi) is 7.20. The first-order valence-corrected chi connectivity index (χ1v) is 8.81. The van der Waals surface area contributed by atoms with Crippen molar-refractivity contribution in [2.45, 2.75) is 26.1 Å². The molecule has 0 saturated carbocycles. The average molecular weight is 390 g/mol. The maximum Gasteiger partial charge on any atom is 0.159 e. The van der Waals surface area contributed by atoms with Crippen LogP contribution >= 0.6 is 0 Å². The molecule has 0 aliphatic heterocycles. The number of hydrogen-bond acceptors (Lipinski definition) is 5. The molecule has 0 saturated heterocycles. The van der Waals surface area contributed by atoms with Crippen molar-refractivity contribution in [2.75, 3.05) is 14.2 Å². The van der Waals surface area contributed by atoms with Crippen molar-refractivity contribution < 1.29 is 23.8 Å². The first kappa shape index (κ1) is 21.8. The van der Waals surface area contributed by atoms with E-state index in [0.717, 1.165) is 0 Å². The number of carbonyl (C=O) groups is 2. The summed E-state index contributed by atoms with van der Waals surface area (Å²) >= 11 is 0.